The van der Waals surface area contributed by atoms with E-state index in [9.17, 15) is 0 Å². The molecule has 0 saturated carbocycles. The van der Waals surface area contributed by atoms with E-state index in [-0.39, 0.29) is 0 Å². The second kappa shape index (κ2) is 9.86. The Kier molecular flexibility index (Phi) is 5.30. The molecule has 12 rings (SSSR count). The van der Waals surface area contributed by atoms with Gasteiger partial charge in [-0.1, -0.05) is 133 Å². The maximum atomic E-state index is 6.71. The average molecular weight is 652 g/mol. The molecule has 2 aliphatic carbocycles. The molecule has 6 heteroatoms. The molecule has 0 N–H and O–H groups in total. The van der Waals surface area contributed by atoms with Crippen molar-refractivity contribution in [1.29, 1.82) is 0 Å². The van der Waals surface area contributed by atoms with Gasteiger partial charge in [0.05, 0.1) is 5.41 Å². The third-order valence-electron chi connectivity index (χ3n) is 11.3. The van der Waals surface area contributed by atoms with E-state index in [0.717, 1.165) is 66.6 Å². The van der Waals surface area contributed by atoms with Crippen LogP contribution in [0.5, 0.6) is 23.0 Å². The van der Waals surface area contributed by atoms with Crippen molar-refractivity contribution >= 4 is 46.7 Å². The smallest absolute Gasteiger partial charge is 0.519 e. The second-order valence-corrected chi connectivity index (χ2v) is 13.8. The fourth-order valence-electron chi connectivity index (χ4n) is 9.19. The van der Waals surface area contributed by atoms with Crippen LogP contribution < -0.4 is 29.5 Å². The molecule has 0 bridgehead atoms. The summed E-state index contributed by atoms with van der Waals surface area (Å²) in [5, 5.41) is 4.56. The summed E-state index contributed by atoms with van der Waals surface area (Å²) in [5.41, 5.74) is 11.0. The van der Waals surface area contributed by atoms with Gasteiger partial charge in [0, 0.05) is 10.9 Å². The number of benzene rings is 8. The van der Waals surface area contributed by atoms with Crippen molar-refractivity contribution < 1.29 is 18.6 Å². The maximum Gasteiger partial charge on any atom is 0.633 e. The fraction of sp³-hybridized carbons (Fsp3) is 0.0222. The molecule has 0 saturated heterocycles. The zero-order valence-electron chi connectivity index (χ0n) is 27.3. The van der Waals surface area contributed by atoms with Gasteiger partial charge in [-0.05, 0) is 90.3 Å². The SMILES string of the molecule is c1ccc2c(c1)-c1ccccc1C21c2cc3c(cc2-c2cc4c(cc21)OB(c1cccc2ccccc12)O4)OB(c1cccc2ccccc12)O3. The standard InChI is InChI=1S/C45H26B2O4/c1-3-15-29-27(11-1)13-9-21-39(29)46-48-41-23-33-34-24-42-44(51-47(49-42)40-22-10-14-28-12-2-4-16-30(28)40)26-38(34)45(37(33)25-43(41)50-46)35-19-7-5-17-31(35)32-18-6-8-20-36(32)45/h1-26H. The van der Waals surface area contributed by atoms with Crippen molar-refractivity contribution in [3.63, 3.8) is 0 Å². The zero-order valence-corrected chi connectivity index (χ0v) is 27.3. The quantitative estimate of drug-likeness (QED) is 0.175. The van der Waals surface area contributed by atoms with Crippen LogP contribution in [0.4, 0.5) is 0 Å². The summed E-state index contributed by atoms with van der Waals surface area (Å²) in [4.78, 5) is 0. The third-order valence-corrected chi connectivity index (χ3v) is 11.3. The van der Waals surface area contributed by atoms with Crippen LogP contribution in [0.2, 0.25) is 0 Å². The van der Waals surface area contributed by atoms with Gasteiger partial charge >= 0.3 is 14.2 Å². The molecule has 8 aromatic rings. The van der Waals surface area contributed by atoms with Gasteiger partial charge in [-0.3, -0.25) is 0 Å². The molecule has 0 radical (unpaired) electrons. The van der Waals surface area contributed by atoms with Crippen LogP contribution >= 0.6 is 0 Å². The van der Waals surface area contributed by atoms with E-state index in [1.807, 2.05) is 0 Å². The summed E-state index contributed by atoms with van der Waals surface area (Å²) in [6, 6.07) is 55.8. The van der Waals surface area contributed by atoms with Gasteiger partial charge in [0.2, 0.25) is 0 Å². The number of fused-ring (bicyclic) bond motifs is 14. The summed E-state index contributed by atoms with van der Waals surface area (Å²) in [6.07, 6.45) is 0. The third kappa shape index (κ3) is 3.56. The van der Waals surface area contributed by atoms with Crippen molar-refractivity contribution in [2.45, 2.75) is 5.41 Å². The van der Waals surface area contributed by atoms with Gasteiger partial charge in [0.1, 0.15) is 23.0 Å². The molecule has 0 fully saturated rings. The highest BCUT2D eigenvalue weighted by Gasteiger charge is 2.54. The Morgan fingerprint density at radius 1 is 0.333 bits per heavy atom. The number of hydrogen-bond donors (Lipinski definition) is 0. The molecule has 0 unspecified atom stereocenters. The van der Waals surface area contributed by atoms with Crippen LogP contribution in [0.25, 0.3) is 43.8 Å². The predicted molar refractivity (Wildman–Crippen MR) is 204 cm³/mol. The Balaban J connectivity index is 1.06. The first kappa shape index (κ1) is 27.4. The van der Waals surface area contributed by atoms with Crippen LogP contribution in [-0.2, 0) is 5.41 Å². The van der Waals surface area contributed by atoms with Crippen molar-refractivity contribution in [2.24, 2.45) is 0 Å². The second-order valence-electron chi connectivity index (χ2n) is 13.8. The molecular weight excluding hydrogens is 626 g/mol. The number of rotatable bonds is 2. The first-order valence-corrected chi connectivity index (χ1v) is 17.4. The molecule has 51 heavy (non-hydrogen) atoms. The summed E-state index contributed by atoms with van der Waals surface area (Å²) in [7, 11) is -1.10. The lowest BCUT2D eigenvalue weighted by Crippen LogP contribution is -2.39. The molecule has 4 aliphatic rings. The first-order valence-electron chi connectivity index (χ1n) is 17.4. The molecule has 236 valence electrons. The number of hydrogen-bond acceptors (Lipinski definition) is 4. The molecular formula is C45H26B2O4. The van der Waals surface area contributed by atoms with Crippen LogP contribution in [0.15, 0.2) is 158 Å². The Morgan fingerprint density at radius 3 is 1.22 bits per heavy atom. The molecule has 0 aromatic heterocycles. The van der Waals surface area contributed by atoms with Gasteiger partial charge in [0.25, 0.3) is 0 Å². The normalized spacial score (nSPS) is 15.0. The highest BCUT2D eigenvalue weighted by Crippen LogP contribution is 2.65. The summed E-state index contributed by atoms with van der Waals surface area (Å²) in [5.74, 6) is 2.97. The summed E-state index contributed by atoms with van der Waals surface area (Å²) in [6.45, 7) is 0. The van der Waals surface area contributed by atoms with Gasteiger partial charge in [-0.25, -0.2) is 0 Å². The van der Waals surface area contributed by atoms with E-state index in [1.54, 1.807) is 0 Å². The zero-order chi connectivity index (χ0) is 33.3. The van der Waals surface area contributed by atoms with Crippen molar-refractivity contribution in [3.05, 3.63) is 180 Å². The molecule has 2 heterocycles. The van der Waals surface area contributed by atoms with Crippen molar-refractivity contribution in [3.8, 4) is 45.3 Å². The van der Waals surface area contributed by atoms with E-state index < -0.39 is 19.7 Å². The highest BCUT2D eigenvalue weighted by atomic mass is 16.6. The topological polar surface area (TPSA) is 36.9 Å². The van der Waals surface area contributed by atoms with Gasteiger partial charge in [-0.15, -0.1) is 0 Å². The predicted octanol–water partition coefficient (Wildman–Crippen LogP) is 8.67. The molecule has 8 aromatic carbocycles. The monoisotopic (exact) mass is 652 g/mol. The van der Waals surface area contributed by atoms with Gasteiger partial charge in [0.15, 0.2) is 0 Å². The Bertz CT molecular complexity index is 2610. The summed E-state index contributed by atoms with van der Waals surface area (Å²) < 4.78 is 26.7. The van der Waals surface area contributed by atoms with Crippen LogP contribution in [-0.4, -0.2) is 14.2 Å². The summed E-state index contributed by atoms with van der Waals surface area (Å²) >= 11 is 0. The van der Waals surface area contributed by atoms with E-state index in [4.69, 9.17) is 18.6 Å². The van der Waals surface area contributed by atoms with Crippen LogP contribution in [0.3, 0.4) is 0 Å². The minimum Gasteiger partial charge on any atom is -0.519 e. The average Bonchev–Trinajstić information content (AvgIpc) is 3.94. The molecule has 1 spiro atoms. The molecule has 2 aliphatic heterocycles. The van der Waals surface area contributed by atoms with Crippen LogP contribution in [0, 0.1) is 0 Å². The molecule has 0 amide bonds. The Labute approximate surface area is 295 Å². The molecule has 0 atom stereocenters. The largest absolute Gasteiger partial charge is 0.633 e. The first-order chi connectivity index (χ1) is 25.3. The van der Waals surface area contributed by atoms with Gasteiger partial charge in [-0.2, -0.15) is 0 Å². The lowest BCUT2D eigenvalue weighted by molar-refractivity contribution is 0.518. The van der Waals surface area contributed by atoms with Crippen LogP contribution in [0.1, 0.15) is 22.3 Å². The van der Waals surface area contributed by atoms with E-state index in [1.165, 1.54) is 33.4 Å². The van der Waals surface area contributed by atoms with E-state index in [2.05, 4.69) is 158 Å². The highest BCUT2D eigenvalue weighted by molar-refractivity contribution is 6.67. The minimum absolute atomic E-state index is 0.551. The van der Waals surface area contributed by atoms with E-state index in [0.29, 0.717) is 0 Å². The Morgan fingerprint density at radius 2 is 0.725 bits per heavy atom. The van der Waals surface area contributed by atoms with Gasteiger partial charge < -0.3 is 18.6 Å². The van der Waals surface area contributed by atoms with E-state index >= 15 is 0 Å². The Hall–Kier alpha value is -6.39. The van der Waals surface area contributed by atoms with Crippen molar-refractivity contribution in [1.82, 2.24) is 0 Å². The van der Waals surface area contributed by atoms with Crippen molar-refractivity contribution in [2.75, 3.05) is 0 Å². The minimum atomic E-state index is -0.580. The fourth-order valence-corrected chi connectivity index (χ4v) is 9.19. The lowest BCUT2D eigenvalue weighted by atomic mass is 9.70. The molecule has 4 nitrogen and oxygen atoms in total. The maximum absolute atomic E-state index is 6.71. The lowest BCUT2D eigenvalue weighted by Gasteiger charge is -2.30.